The largest absolute Gasteiger partial charge is 0.357 e. The Hall–Kier alpha value is -0.620. The molecule has 0 bridgehead atoms. The smallest absolute Gasteiger partial charge is 0.222 e. The number of hydrogen-bond donors (Lipinski definition) is 0. The van der Waals surface area contributed by atoms with Crippen LogP contribution in [0.5, 0.6) is 0 Å². The first kappa shape index (κ1) is 27.4. The molecule has 0 aliphatic rings. The number of hydrogen-bond acceptors (Lipinski definition) is 8. The highest BCUT2D eigenvalue weighted by atomic mass is 127. The molecule has 0 aromatic heterocycles. The van der Waals surface area contributed by atoms with Crippen LogP contribution in [-0.2, 0) is 0 Å². The lowest BCUT2D eigenvalue weighted by Gasteiger charge is -2.17. The summed E-state index contributed by atoms with van der Waals surface area (Å²) >= 11 is -0.0647. The van der Waals surface area contributed by atoms with Gasteiger partial charge in [0.2, 0.25) is 0 Å². The number of halogens is 4. The molecule has 0 amide bonds. The minimum atomic E-state index is -4.94. The summed E-state index contributed by atoms with van der Waals surface area (Å²) in [5.41, 5.74) is 0. The van der Waals surface area contributed by atoms with Crippen molar-refractivity contribution in [3.8, 4) is 0 Å². The van der Waals surface area contributed by atoms with Crippen LogP contribution in [0.25, 0.3) is 0 Å². The third-order valence-corrected chi connectivity index (χ3v) is 8.07. The SMILES string of the molecule is [O-][Cl+3]([O-])([O-])[O-].[O-][Cl+3]([O-])([O-])[O-].c1ccc([I+]c2ccc([I+]c3ccccc3)cc2)cc1. The second-order valence-corrected chi connectivity index (χ2v) is 12.5. The molecule has 0 aliphatic heterocycles. The van der Waals surface area contributed by atoms with Gasteiger partial charge in [-0.25, -0.2) is 37.3 Å². The highest BCUT2D eigenvalue weighted by Gasteiger charge is 2.19. The summed E-state index contributed by atoms with van der Waals surface area (Å²) in [6.07, 6.45) is 0. The average Bonchev–Trinajstić information content (AvgIpc) is 2.62. The van der Waals surface area contributed by atoms with Crippen LogP contribution < -0.4 is 79.7 Å². The Labute approximate surface area is 198 Å². The van der Waals surface area contributed by atoms with Crippen molar-refractivity contribution in [1.29, 1.82) is 0 Å². The van der Waals surface area contributed by atoms with Crippen LogP contribution in [0.4, 0.5) is 0 Å². The predicted molar refractivity (Wildman–Crippen MR) is 74.1 cm³/mol. The van der Waals surface area contributed by atoms with E-state index in [0.717, 1.165) is 0 Å². The topological polar surface area (TPSA) is 184 Å². The van der Waals surface area contributed by atoms with Crippen molar-refractivity contribution >= 4 is 0 Å². The molecule has 0 atom stereocenters. The normalized spacial score (nSPS) is 10.9. The van der Waals surface area contributed by atoms with Gasteiger partial charge in [-0.15, -0.1) is 20.5 Å². The first-order chi connectivity index (χ1) is 13.9. The van der Waals surface area contributed by atoms with E-state index in [-0.39, 0.29) is 42.4 Å². The fourth-order valence-electron chi connectivity index (χ4n) is 1.76. The Kier molecular flexibility index (Phi) is 12.5. The van der Waals surface area contributed by atoms with E-state index in [1.807, 2.05) is 0 Å². The molecule has 3 aromatic carbocycles. The lowest BCUT2D eigenvalue weighted by atomic mass is 10.4. The van der Waals surface area contributed by atoms with Gasteiger partial charge >= 0.3 is 42.4 Å². The molecule has 0 spiro atoms. The lowest BCUT2D eigenvalue weighted by molar-refractivity contribution is -2.00. The highest BCUT2D eigenvalue weighted by molar-refractivity contribution is 5.04. The lowest BCUT2D eigenvalue weighted by Crippen LogP contribution is -3.62. The summed E-state index contributed by atoms with van der Waals surface area (Å²) in [5, 5.41) is 0. The van der Waals surface area contributed by atoms with Gasteiger partial charge in [-0.1, -0.05) is 36.4 Å². The zero-order valence-corrected chi connectivity index (χ0v) is 20.7. The van der Waals surface area contributed by atoms with Gasteiger partial charge in [0.05, 0.1) is 0 Å². The fourth-order valence-corrected chi connectivity index (χ4v) is 6.19. The van der Waals surface area contributed by atoms with Crippen LogP contribution in [0.3, 0.4) is 0 Å². The zero-order valence-electron chi connectivity index (χ0n) is 14.9. The second kappa shape index (κ2) is 13.7. The van der Waals surface area contributed by atoms with Crippen molar-refractivity contribution in [2.24, 2.45) is 0 Å². The minimum absolute atomic E-state index is 0.0323. The Morgan fingerprint density at radius 1 is 0.367 bits per heavy atom. The maximum Gasteiger partial charge on any atom is 0.357 e. The third-order valence-electron chi connectivity index (χ3n) is 2.71. The van der Waals surface area contributed by atoms with Gasteiger partial charge in [-0.05, 0) is 48.5 Å². The van der Waals surface area contributed by atoms with Gasteiger partial charge in [-0.3, -0.25) is 0 Å². The predicted octanol–water partition coefficient (Wildman–Crippen LogP) is -11.6. The Bertz CT molecular complexity index is 758. The van der Waals surface area contributed by atoms with Crippen LogP contribution in [0.1, 0.15) is 0 Å². The molecule has 8 nitrogen and oxygen atoms in total. The van der Waals surface area contributed by atoms with Gasteiger partial charge in [0, 0.05) is 0 Å². The van der Waals surface area contributed by atoms with Gasteiger partial charge in [0.15, 0.2) is 14.3 Å². The molecule has 0 radical (unpaired) electrons. The molecule has 3 rings (SSSR count). The summed E-state index contributed by atoms with van der Waals surface area (Å²) in [5.74, 6) is 0. The van der Waals surface area contributed by atoms with Crippen molar-refractivity contribution in [3.63, 3.8) is 0 Å². The van der Waals surface area contributed by atoms with E-state index in [2.05, 4.69) is 84.9 Å². The van der Waals surface area contributed by atoms with Gasteiger partial charge in [0.25, 0.3) is 0 Å². The molecule has 0 unspecified atom stereocenters. The highest BCUT2D eigenvalue weighted by Crippen LogP contribution is 1.88. The maximum atomic E-state index is 8.49. The van der Waals surface area contributed by atoms with E-state index in [1.165, 1.54) is 14.3 Å². The molecule has 0 aliphatic carbocycles. The van der Waals surface area contributed by atoms with Crippen LogP contribution in [-0.4, -0.2) is 0 Å². The van der Waals surface area contributed by atoms with E-state index in [0.29, 0.717) is 0 Å². The quantitative estimate of drug-likeness (QED) is 0.243. The molecular formula is C18H14Cl2I2O8. The van der Waals surface area contributed by atoms with E-state index >= 15 is 0 Å². The molecule has 0 fully saturated rings. The summed E-state index contributed by atoms with van der Waals surface area (Å²) < 4.78 is 73.9. The molecular weight excluding hydrogens is 669 g/mol. The van der Waals surface area contributed by atoms with Gasteiger partial charge in [-0.2, -0.15) is 0 Å². The summed E-state index contributed by atoms with van der Waals surface area (Å²) in [6, 6.07) is 30.9. The van der Waals surface area contributed by atoms with Crippen LogP contribution in [0.2, 0.25) is 0 Å². The van der Waals surface area contributed by atoms with Crippen molar-refractivity contribution in [2.45, 2.75) is 0 Å². The second-order valence-electron chi connectivity index (χ2n) is 4.97. The Morgan fingerprint density at radius 3 is 0.800 bits per heavy atom. The summed E-state index contributed by atoms with van der Waals surface area (Å²) in [7, 11) is -9.89. The van der Waals surface area contributed by atoms with Crippen LogP contribution in [0.15, 0.2) is 84.9 Å². The maximum absolute atomic E-state index is 8.49. The Morgan fingerprint density at radius 2 is 0.567 bits per heavy atom. The minimum Gasteiger partial charge on any atom is -0.222 e. The van der Waals surface area contributed by atoms with Crippen molar-refractivity contribution < 1.29 is 100 Å². The average molecular weight is 683 g/mol. The molecule has 0 saturated heterocycles. The van der Waals surface area contributed by atoms with Crippen molar-refractivity contribution in [1.82, 2.24) is 0 Å². The van der Waals surface area contributed by atoms with E-state index in [1.54, 1.807) is 0 Å². The first-order valence-corrected chi connectivity index (χ1v) is 14.4. The molecule has 3 aromatic rings. The monoisotopic (exact) mass is 682 g/mol. The molecule has 0 heterocycles. The van der Waals surface area contributed by atoms with E-state index < -0.39 is 20.5 Å². The third kappa shape index (κ3) is 17.1. The molecule has 0 saturated carbocycles. The molecule has 0 N–H and O–H groups in total. The Balaban J connectivity index is 0.000000378. The first-order valence-electron chi connectivity index (χ1n) is 7.63. The number of rotatable bonds is 4. The molecule has 162 valence electrons. The zero-order chi connectivity index (χ0) is 22.6. The molecule has 12 heteroatoms. The van der Waals surface area contributed by atoms with Crippen molar-refractivity contribution in [2.75, 3.05) is 0 Å². The van der Waals surface area contributed by atoms with Crippen LogP contribution in [0, 0.1) is 34.8 Å². The summed E-state index contributed by atoms with van der Waals surface area (Å²) in [6.45, 7) is 0. The number of benzene rings is 3. The molecule has 30 heavy (non-hydrogen) atoms. The summed E-state index contributed by atoms with van der Waals surface area (Å²) in [4.78, 5) is 0. The van der Waals surface area contributed by atoms with E-state index in [9.17, 15) is 0 Å². The standard InChI is InChI=1S/C18H14I2.2ClHO4/c1-3-7-15(8-4-1)19-17-11-13-18(14-12-17)20-16-9-5-2-6-10-16;2*2-1(3,4)5/h1-14H;2*(H,2,3,4,5)/q+2;;/p-2. The van der Waals surface area contributed by atoms with Crippen molar-refractivity contribution in [3.05, 3.63) is 99.2 Å². The fraction of sp³-hybridized carbons (Fsp3) is 0. The van der Waals surface area contributed by atoms with Gasteiger partial charge < -0.3 is 0 Å². The van der Waals surface area contributed by atoms with Gasteiger partial charge in [0.1, 0.15) is 0 Å². The van der Waals surface area contributed by atoms with E-state index in [4.69, 9.17) is 37.3 Å². The van der Waals surface area contributed by atoms with Crippen LogP contribution >= 0.6 is 0 Å².